The Balaban J connectivity index is 1.57. The highest BCUT2D eigenvalue weighted by molar-refractivity contribution is 7.88. The first-order valence-electron chi connectivity index (χ1n) is 9.08. The lowest BCUT2D eigenvalue weighted by atomic mass is 9.97. The number of rotatable bonds is 5. The van der Waals surface area contributed by atoms with Crippen molar-refractivity contribution in [1.29, 1.82) is 0 Å². The molecule has 1 aromatic rings. The highest BCUT2D eigenvalue weighted by Gasteiger charge is 2.32. The average molecular weight is 419 g/mol. The van der Waals surface area contributed by atoms with Crippen LogP contribution in [0.1, 0.15) is 44.1 Å². The number of hydrogen-bond acceptors (Lipinski definition) is 3. The largest absolute Gasteiger partial charge is 0.353 e. The second-order valence-electron chi connectivity index (χ2n) is 7.12. The monoisotopic (exact) mass is 418 g/mol. The molecule has 3 rings (SSSR count). The Kier molecular flexibility index (Phi) is 6.49. The molecule has 0 unspecified atom stereocenters. The zero-order chi connectivity index (χ0) is 18.7. The van der Waals surface area contributed by atoms with Gasteiger partial charge in [0.05, 0.1) is 5.75 Å². The molecule has 26 heavy (non-hydrogen) atoms. The number of hydrogen-bond donors (Lipinski definition) is 1. The molecule has 5 nitrogen and oxygen atoms in total. The van der Waals surface area contributed by atoms with Crippen LogP contribution in [0, 0.1) is 5.92 Å². The van der Waals surface area contributed by atoms with Crippen LogP contribution < -0.4 is 5.32 Å². The van der Waals surface area contributed by atoms with Crippen molar-refractivity contribution in [3.05, 3.63) is 33.8 Å². The van der Waals surface area contributed by atoms with Gasteiger partial charge in [0.2, 0.25) is 15.9 Å². The third kappa shape index (κ3) is 4.71. The Morgan fingerprint density at radius 1 is 1.08 bits per heavy atom. The van der Waals surface area contributed by atoms with Crippen LogP contribution in [0.4, 0.5) is 0 Å². The highest BCUT2D eigenvalue weighted by atomic mass is 35.5. The highest BCUT2D eigenvalue weighted by Crippen LogP contribution is 2.29. The summed E-state index contributed by atoms with van der Waals surface area (Å²) in [5.74, 6) is -0.251. The smallest absolute Gasteiger partial charge is 0.223 e. The fourth-order valence-electron chi connectivity index (χ4n) is 3.73. The maximum absolute atomic E-state index is 12.7. The summed E-state index contributed by atoms with van der Waals surface area (Å²) in [5, 5.41) is 3.82. The van der Waals surface area contributed by atoms with E-state index in [9.17, 15) is 13.2 Å². The third-order valence-electron chi connectivity index (χ3n) is 5.31. The van der Waals surface area contributed by atoms with Crippen LogP contribution in [0.3, 0.4) is 0 Å². The minimum absolute atomic E-state index is 0.0723. The summed E-state index contributed by atoms with van der Waals surface area (Å²) in [7, 11) is -3.52. The first kappa shape index (κ1) is 19.9. The molecule has 144 valence electrons. The standard InChI is InChI=1S/C18H24Cl2N2O3S/c19-16-6-3-7-17(20)15(16)12-26(24,25)22-10-8-13(9-11-22)18(23)21-14-4-1-2-5-14/h3,6-7,13-14H,1-2,4-5,8-12H2,(H,21,23). The van der Waals surface area contributed by atoms with Gasteiger partial charge in [0.25, 0.3) is 0 Å². The van der Waals surface area contributed by atoms with Crippen LogP contribution in [0.15, 0.2) is 18.2 Å². The lowest BCUT2D eigenvalue weighted by Crippen LogP contribution is -2.45. The fourth-order valence-corrected chi connectivity index (χ4v) is 6.04. The van der Waals surface area contributed by atoms with Crippen molar-refractivity contribution in [3.8, 4) is 0 Å². The Bertz CT molecular complexity index is 735. The van der Waals surface area contributed by atoms with Gasteiger partial charge in [-0.15, -0.1) is 0 Å². The Labute approximate surface area is 165 Å². The van der Waals surface area contributed by atoms with Crippen LogP contribution in [0.5, 0.6) is 0 Å². The maximum Gasteiger partial charge on any atom is 0.223 e. The Morgan fingerprint density at radius 2 is 1.65 bits per heavy atom. The normalized spacial score (nSPS) is 20.4. The molecule has 8 heteroatoms. The van der Waals surface area contributed by atoms with E-state index in [1.807, 2.05) is 0 Å². The van der Waals surface area contributed by atoms with Gasteiger partial charge < -0.3 is 5.32 Å². The maximum atomic E-state index is 12.7. The Morgan fingerprint density at radius 3 is 2.23 bits per heavy atom. The van der Waals surface area contributed by atoms with Crippen molar-refractivity contribution >= 4 is 39.1 Å². The van der Waals surface area contributed by atoms with Gasteiger partial charge in [0, 0.05) is 40.7 Å². The third-order valence-corrected chi connectivity index (χ3v) is 7.82. The lowest BCUT2D eigenvalue weighted by Gasteiger charge is -2.31. The van der Waals surface area contributed by atoms with Crippen LogP contribution in [0.2, 0.25) is 10.0 Å². The molecule has 2 fully saturated rings. The van der Waals surface area contributed by atoms with Crippen LogP contribution >= 0.6 is 23.2 Å². The summed E-state index contributed by atoms with van der Waals surface area (Å²) in [6, 6.07) is 5.26. The summed E-state index contributed by atoms with van der Waals surface area (Å²) in [6.45, 7) is 0.709. The number of benzene rings is 1. The molecule has 1 aliphatic heterocycles. The van der Waals surface area contributed by atoms with E-state index in [4.69, 9.17) is 23.2 Å². The number of amides is 1. The molecule has 0 spiro atoms. The molecule has 1 saturated carbocycles. The molecule has 1 aliphatic carbocycles. The second kappa shape index (κ2) is 8.46. The van der Waals surface area contributed by atoms with E-state index in [1.165, 1.54) is 17.1 Å². The number of sulfonamides is 1. The van der Waals surface area contributed by atoms with Crippen molar-refractivity contribution in [3.63, 3.8) is 0 Å². The van der Waals surface area contributed by atoms with E-state index in [0.717, 1.165) is 12.8 Å². The van der Waals surface area contributed by atoms with Crippen LogP contribution in [0.25, 0.3) is 0 Å². The van der Waals surface area contributed by atoms with Crippen molar-refractivity contribution in [2.45, 2.75) is 50.3 Å². The summed E-state index contributed by atoms with van der Waals surface area (Å²) in [6.07, 6.45) is 5.55. The van der Waals surface area contributed by atoms with Gasteiger partial charge in [0.1, 0.15) is 0 Å². The van der Waals surface area contributed by atoms with Crippen LogP contribution in [-0.4, -0.2) is 37.8 Å². The zero-order valence-corrected chi connectivity index (χ0v) is 16.9. The predicted molar refractivity (Wildman–Crippen MR) is 104 cm³/mol. The second-order valence-corrected chi connectivity index (χ2v) is 9.90. The molecule has 1 N–H and O–H groups in total. The number of nitrogens with zero attached hydrogens (tertiary/aromatic N) is 1. The van der Waals surface area contributed by atoms with Crippen molar-refractivity contribution < 1.29 is 13.2 Å². The van der Waals surface area contributed by atoms with Gasteiger partial charge in [-0.2, -0.15) is 0 Å². The number of nitrogens with one attached hydrogen (secondary N) is 1. The summed E-state index contributed by atoms with van der Waals surface area (Å²) in [5.41, 5.74) is 0.428. The number of halogens is 2. The number of carbonyl (C=O) groups is 1. The first-order chi connectivity index (χ1) is 12.4. The minimum Gasteiger partial charge on any atom is -0.353 e. The van der Waals surface area contributed by atoms with E-state index in [1.54, 1.807) is 18.2 Å². The van der Waals surface area contributed by atoms with E-state index in [2.05, 4.69) is 5.32 Å². The minimum atomic E-state index is -3.52. The van der Waals surface area contributed by atoms with Crippen LogP contribution in [-0.2, 0) is 20.6 Å². The SMILES string of the molecule is O=C(NC1CCCC1)C1CCN(S(=O)(=O)Cc2c(Cl)cccc2Cl)CC1. The van der Waals surface area contributed by atoms with E-state index >= 15 is 0 Å². The molecular formula is C18H24Cl2N2O3S. The molecular weight excluding hydrogens is 395 g/mol. The molecule has 1 amide bonds. The molecule has 1 heterocycles. The molecule has 0 aromatic heterocycles. The van der Waals surface area contributed by atoms with Gasteiger partial charge in [-0.25, -0.2) is 12.7 Å². The quantitative estimate of drug-likeness (QED) is 0.793. The molecule has 1 saturated heterocycles. The number of piperidine rings is 1. The van der Waals surface area contributed by atoms with E-state index < -0.39 is 10.0 Å². The lowest BCUT2D eigenvalue weighted by molar-refractivity contribution is -0.126. The van der Waals surface area contributed by atoms with Gasteiger partial charge in [-0.05, 0) is 37.8 Å². The summed E-state index contributed by atoms with van der Waals surface area (Å²) < 4.78 is 26.9. The molecule has 0 radical (unpaired) electrons. The average Bonchev–Trinajstić information content (AvgIpc) is 3.11. The van der Waals surface area contributed by atoms with E-state index in [-0.39, 0.29) is 17.6 Å². The zero-order valence-electron chi connectivity index (χ0n) is 14.6. The summed E-state index contributed by atoms with van der Waals surface area (Å²) >= 11 is 12.2. The fraction of sp³-hybridized carbons (Fsp3) is 0.611. The van der Waals surface area contributed by atoms with Gasteiger partial charge in [0.15, 0.2) is 0 Å². The predicted octanol–water partition coefficient (Wildman–Crippen LogP) is 3.59. The summed E-state index contributed by atoms with van der Waals surface area (Å²) in [4.78, 5) is 12.4. The molecule has 2 aliphatic rings. The Hall–Kier alpha value is -0.820. The van der Waals surface area contributed by atoms with Gasteiger partial charge in [-0.3, -0.25) is 4.79 Å². The molecule has 0 atom stereocenters. The van der Waals surface area contributed by atoms with E-state index in [0.29, 0.717) is 47.6 Å². The van der Waals surface area contributed by atoms with Crippen molar-refractivity contribution in [2.75, 3.05) is 13.1 Å². The topological polar surface area (TPSA) is 66.5 Å². The van der Waals surface area contributed by atoms with Gasteiger partial charge >= 0.3 is 0 Å². The number of carbonyl (C=O) groups excluding carboxylic acids is 1. The van der Waals surface area contributed by atoms with Crippen molar-refractivity contribution in [2.24, 2.45) is 5.92 Å². The van der Waals surface area contributed by atoms with Gasteiger partial charge in [-0.1, -0.05) is 42.1 Å². The first-order valence-corrected chi connectivity index (χ1v) is 11.4. The van der Waals surface area contributed by atoms with Crippen molar-refractivity contribution in [1.82, 2.24) is 9.62 Å². The molecule has 0 bridgehead atoms. The molecule has 1 aromatic carbocycles.